The first-order valence-corrected chi connectivity index (χ1v) is 19.4. The third-order valence-corrected chi connectivity index (χ3v) is 13.2. The Morgan fingerprint density at radius 3 is 1.57 bits per heavy atom. The normalized spacial score (nSPS) is 22.9. The number of nitrogens with zero attached hydrogens (tertiary/aromatic N) is 4. The quantitative estimate of drug-likeness (QED) is 0.180. The molecule has 6 aromatic carbocycles. The minimum Gasteiger partial charge on any atom is -0.208 e. The molecule has 54 heavy (non-hydrogen) atoms. The summed E-state index contributed by atoms with van der Waals surface area (Å²) >= 11 is 0. The van der Waals surface area contributed by atoms with E-state index in [9.17, 15) is 5.26 Å². The molecule has 4 fully saturated rings. The molecule has 258 valence electrons. The Morgan fingerprint density at radius 2 is 0.944 bits per heavy atom. The Hall–Kier alpha value is -6.18. The average Bonchev–Trinajstić information content (AvgIpc) is 3.54. The van der Waals surface area contributed by atoms with Crippen LogP contribution in [-0.4, -0.2) is 15.0 Å². The lowest BCUT2D eigenvalue weighted by molar-refractivity contribution is -0.0397. The van der Waals surface area contributed by atoms with Gasteiger partial charge in [0.2, 0.25) is 0 Å². The number of benzene rings is 6. The van der Waals surface area contributed by atoms with E-state index in [2.05, 4.69) is 115 Å². The molecule has 4 bridgehead atoms. The summed E-state index contributed by atoms with van der Waals surface area (Å²) in [4.78, 5) is 15.7. The molecule has 0 amide bonds. The van der Waals surface area contributed by atoms with E-state index < -0.39 is 0 Å². The molecule has 4 saturated carbocycles. The highest BCUT2D eigenvalue weighted by atomic mass is 15.0. The number of nitriles is 1. The lowest BCUT2D eigenvalue weighted by Gasteiger charge is -2.61. The number of fused-ring (bicyclic) bond motifs is 3. The zero-order valence-electron chi connectivity index (χ0n) is 30.0. The second kappa shape index (κ2) is 12.2. The standard InChI is InChI=1S/C50H38N4/c51-30-37-15-7-8-16-40(37)33-21-23-34(24-22-33)41-17-10-20-44-45(41)42-18-9-19-43(46(42)50(44)38-26-31-25-32(28-38)29-39(50)27-31)49-53-47(35-11-3-1-4-12-35)52-48(54-49)36-13-5-2-6-14-36/h1-24,31-32,38-39H,25-29H2. The van der Waals surface area contributed by atoms with E-state index in [1.165, 1.54) is 65.5 Å². The fourth-order valence-corrected chi connectivity index (χ4v) is 11.3. The first-order chi connectivity index (χ1) is 26.7. The fraction of sp³-hybridized carbons (Fsp3) is 0.200. The van der Waals surface area contributed by atoms with Gasteiger partial charge in [0.1, 0.15) is 0 Å². The Kier molecular flexibility index (Phi) is 7.07. The summed E-state index contributed by atoms with van der Waals surface area (Å²) in [7, 11) is 0. The summed E-state index contributed by atoms with van der Waals surface area (Å²) < 4.78 is 0. The van der Waals surface area contributed by atoms with Crippen molar-refractivity contribution >= 4 is 0 Å². The smallest absolute Gasteiger partial charge is 0.164 e. The summed E-state index contributed by atoms with van der Waals surface area (Å²) in [5, 5.41) is 9.81. The summed E-state index contributed by atoms with van der Waals surface area (Å²) in [5.74, 6) is 4.98. The van der Waals surface area contributed by atoms with Crippen LogP contribution in [-0.2, 0) is 5.41 Å². The molecule has 4 nitrogen and oxygen atoms in total. The Bertz CT molecular complexity index is 2530. The monoisotopic (exact) mass is 694 g/mol. The van der Waals surface area contributed by atoms with Gasteiger partial charge in [0, 0.05) is 22.1 Å². The van der Waals surface area contributed by atoms with E-state index in [1.54, 1.807) is 0 Å². The molecular weight excluding hydrogens is 657 g/mol. The van der Waals surface area contributed by atoms with Crippen LogP contribution in [0.1, 0.15) is 48.8 Å². The lowest BCUT2D eigenvalue weighted by atomic mass is 9.43. The van der Waals surface area contributed by atoms with Crippen molar-refractivity contribution in [2.24, 2.45) is 23.7 Å². The Balaban J connectivity index is 1.15. The van der Waals surface area contributed by atoms with E-state index in [4.69, 9.17) is 15.0 Å². The third kappa shape index (κ3) is 4.64. The van der Waals surface area contributed by atoms with E-state index in [0.29, 0.717) is 29.0 Å². The zero-order valence-corrected chi connectivity index (χ0v) is 30.0. The van der Waals surface area contributed by atoms with Crippen molar-refractivity contribution in [1.29, 1.82) is 5.26 Å². The molecule has 0 saturated heterocycles. The van der Waals surface area contributed by atoms with Gasteiger partial charge in [0.25, 0.3) is 0 Å². The predicted molar refractivity (Wildman–Crippen MR) is 215 cm³/mol. The second-order valence-corrected chi connectivity index (χ2v) is 15.9. The van der Waals surface area contributed by atoms with Crippen molar-refractivity contribution < 1.29 is 0 Å². The minimum atomic E-state index is -0.0944. The van der Waals surface area contributed by atoms with E-state index >= 15 is 0 Å². The largest absolute Gasteiger partial charge is 0.208 e. The number of hydrogen-bond acceptors (Lipinski definition) is 4. The van der Waals surface area contributed by atoms with Gasteiger partial charge in [-0.15, -0.1) is 0 Å². The maximum Gasteiger partial charge on any atom is 0.164 e. The highest BCUT2D eigenvalue weighted by Crippen LogP contribution is 2.71. The van der Waals surface area contributed by atoms with Crippen molar-refractivity contribution in [1.82, 2.24) is 15.0 Å². The van der Waals surface area contributed by atoms with Crippen LogP contribution in [0.2, 0.25) is 0 Å². The molecule has 12 rings (SSSR count). The third-order valence-electron chi connectivity index (χ3n) is 13.2. The summed E-state index contributed by atoms with van der Waals surface area (Å²) in [5.41, 5.74) is 13.8. The topological polar surface area (TPSA) is 62.5 Å². The highest BCUT2D eigenvalue weighted by molar-refractivity contribution is 5.96. The van der Waals surface area contributed by atoms with Gasteiger partial charge in [-0.05, 0) is 106 Å². The number of aromatic nitrogens is 3. The highest BCUT2D eigenvalue weighted by Gasteiger charge is 2.62. The zero-order chi connectivity index (χ0) is 35.8. The predicted octanol–water partition coefficient (Wildman–Crippen LogP) is 11.8. The number of hydrogen-bond donors (Lipinski definition) is 0. The van der Waals surface area contributed by atoms with Crippen molar-refractivity contribution in [2.45, 2.75) is 37.5 Å². The van der Waals surface area contributed by atoms with Crippen LogP contribution in [0.25, 0.3) is 67.5 Å². The molecular formula is C50H38N4. The van der Waals surface area contributed by atoms with Gasteiger partial charge < -0.3 is 0 Å². The lowest BCUT2D eigenvalue weighted by Crippen LogP contribution is -2.55. The first-order valence-electron chi connectivity index (χ1n) is 19.4. The first kappa shape index (κ1) is 31.4. The molecule has 0 unspecified atom stereocenters. The van der Waals surface area contributed by atoms with Gasteiger partial charge in [-0.3, -0.25) is 0 Å². The summed E-state index contributed by atoms with van der Waals surface area (Å²) in [6.07, 6.45) is 6.57. The molecule has 5 aliphatic carbocycles. The molecule has 7 aromatic rings. The maximum absolute atomic E-state index is 9.81. The minimum absolute atomic E-state index is 0.0944. The van der Waals surface area contributed by atoms with Crippen LogP contribution >= 0.6 is 0 Å². The van der Waals surface area contributed by atoms with Crippen LogP contribution in [0.3, 0.4) is 0 Å². The van der Waals surface area contributed by atoms with Crippen molar-refractivity contribution in [2.75, 3.05) is 0 Å². The fourth-order valence-electron chi connectivity index (χ4n) is 11.3. The molecule has 4 heteroatoms. The number of rotatable bonds is 5. The van der Waals surface area contributed by atoms with Gasteiger partial charge in [0.15, 0.2) is 17.5 Å². The van der Waals surface area contributed by atoms with Crippen molar-refractivity contribution in [3.63, 3.8) is 0 Å². The van der Waals surface area contributed by atoms with Gasteiger partial charge in [-0.1, -0.05) is 140 Å². The Morgan fingerprint density at radius 1 is 0.444 bits per heavy atom. The second-order valence-electron chi connectivity index (χ2n) is 15.9. The maximum atomic E-state index is 9.81. The molecule has 1 spiro atoms. The van der Waals surface area contributed by atoms with Crippen LogP contribution in [0.15, 0.2) is 146 Å². The van der Waals surface area contributed by atoms with Gasteiger partial charge in [-0.2, -0.15) is 5.26 Å². The van der Waals surface area contributed by atoms with Gasteiger partial charge >= 0.3 is 0 Å². The van der Waals surface area contributed by atoms with Crippen molar-refractivity contribution in [3.05, 3.63) is 162 Å². The molecule has 0 N–H and O–H groups in total. The Labute approximate surface area is 316 Å². The van der Waals surface area contributed by atoms with E-state index in [0.717, 1.165) is 45.5 Å². The van der Waals surface area contributed by atoms with E-state index in [1.807, 2.05) is 36.4 Å². The molecule has 5 aliphatic rings. The SMILES string of the molecule is N#Cc1ccccc1-c1ccc(-c2cccc3c2-c2cccc(-c4nc(-c5ccccc5)nc(-c5ccccc5)n4)c2C32C3CC4CC(C3)CC2C4)cc1. The molecule has 1 aromatic heterocycles. The van der Waals surface area contributed by atoms with Crippen LogP contribution < -0.4 is 0 Å². The summed E-state index contributed by atoms with van der Waals surface area (Å²) in [6, 6.07) is 53.7. The molecule has 0 aliphatic heterocycles. The summed E-state index contributed by atoms with van der Waals surface area (Å²) in [6.45, 7) is 0. The van der Waals surface area contributed by atoms with Gasteiger partial charge in [0.05, 0.1) is 11.6 Å². The van der Waals surface area contributed by atoms with Crippen molar-refractivity contribution in [3.8, 4) is 73.6 Å². The average molecular weight is 695 g/mol. The van der Waals surface area contributed by atoms with Crippen LogP contribution in [0.5, 0.6) is 0 Å². The van der Waals surface area contributed by atoms with Crippen LogP contribution in [0, 0.1) is 35.0 Å². The molecule has 0 radical (unpaired) electrons. The van der Waals surface area contributed by atoms with Crippen LogP contribution in [0.4, 0.5) is 0 Å². The molecule has 0 atom stereocenters. The van der Waals surface area contributed by atoms with E-state index in [-0.39, 0.29) is 5.41 Å². The van der Waals surface area contributed by atoms with Gasteiger partial charge in [-0.25, -0.2) is 15.0 Å². The molecule has 1 heterocycles.